The highest BCUT2D eigenvalue weighted by Crippen LogP contribution is 2.34. The molecular formula is C22H17NO3. The van der Waals surface area contributed by atoms with Gasteiger partial charge >= 0.3 is 0 Å². The summed E-state index contributed by atoms with van der Waals surface area (Å²) in [5, 5.41) is 29.0. The summed E-state index contributed by atoms with van der Waals surface area (Å²) in [6.07, 6.45) is 0. The van der Waals surface area contributed by atoms with Gasteiger partial charge in [0.25, 0.3) is 0 Å². The van der Waals surface area contributed by atoms with Crippen LogP contribution in [0.15, 0.2) is 72.8 Å². The van der Waals surface area contributed by atoms with E-state index < -0.39 is 0 Å². The summed E-state index contributed by atoms with van der Waals surface area (Å²) in [5.74, 6) is 1.02. The molecule has 3 aromatic carbocycles. The molecule has 0 heterocycles. The van der Waals surface area contributed by atoms with Gasteiger partial charge in [0.15, 0.2) is 0 Å². The van der Waals surface area contributed by atoms with Crippen molar-refractivity contribution in [3.05, 3.63) is 89.5 Å². The maximum Gasteiger partial charge on any atom is 0.118 e. The molecule has 26 heavy (non-hydrogen) atoms. The van der Waals surface area contributed by atoms with Crippen LogP contribution in [0.1, 0.15) is 16.7 Å². The van der Waals surface area contributed by atoms with Gasteiger partial charge in [-0.3, -0.25) is 0 Å². The van der Waals surface area contributed by atoms with Crippen LogP contribution in [0.25, 0.3) is 11.1 Å². The lowest BCUT2D eigenvalue weighted by Crippen LogP contribution is -1.94. The van der Waals surface area contributed by atoms with Crippen LogP contribution < -0.4 is 4.74 Å². The molecule has 3 aromatic rings. The second-order valence-electron chi connectivity index (χ2n) is 5.68. The lowest BCUT2D eigenvalue weighted by atomic mass is 9.90. The molecule has 0 amide bonds. The fraction of sp³-hybridized carbons (Fsp3) is 0.0455. The van der Waals surface area contributed by atoms with E-state index in [1.807, 2.05) is 24.3 Å². The van der Waals surface area contributed by atoms with E-state index in [0.29, 0.717) is 11.1 Å². The number of phenolic OH excluding ortho intramolecular Hbond substituents is 2. The molecule has 0 aliphatic heterocycles. The number of allylic oxidation sites excluding steroid dienone is 1. The van der Waals surface area contributed by atoms with E-state index in [1.54, 1.807) is 55.6 Å². The Labute approximate surface area is 151 Å². The van der Waals surface area contributed by atoms with Gasteiger partial charge in [-0.15, -0.1) is 0 Å². The summed E-state index contributed by atoms with van der Waals surface area (Å²) >= 11 is 0. The minimum atomic E-state index is 0.140. The number of nitriles is 1. The Hall–Kier alpha value is -3.71. The molecule has 0 aliphatic carbocycles. The molecule has 128 valence electrons. The van der Waals surface area contributed by atoms with Crippen LogP contribution in [-0.2, 0) is 0 Å². The van der Waals surface area contributed by atoms with Gasteiger partial charge in [-0.2, -0.15) is 5.26 Å². The fourth-order valence-electron chi connectivity index (χ4n) is 2.73. The minimum Gasteiger partial charge on any atom is -0.508 e. The monoisotopic (exact) mass is 343 g/mol. The van der Waals surface area contributed by atoms with Crippen molar-refractivity contribution in [3.8, 4) is 23.3 Å². The van der Waals surface area contributed by atoms with E-state index >= 15 is 0 Å². The first-order chi connectivity index (χ1) is 12.6. The van der Waals surface area contributed by atoms with Gasteiger partial charge in [0.1, 0.15) is 23.3 Å². The average molecular weight is 343 g/mol. The van der Waals surface area contributed by atoms with E-state index in [1.165, 1.54) is 0 Å². The molecule has 0 fully saturated rings. The minimum absolute atomic E-state index is 0.140. The Balaban J connectivity index is 2.25. The molecule has 4 nitrogen and oxygen atoms in total. The van der Waals surface area contributed by atoms with Crippen molar-refractivity contribution >= 4 is 11.1 Å². The first-order valence-corrected chi connectivity index (χ1v) is 8.00. The zero-order chi connectivity index (χ0) is 18.5. The Morgan fingerprint density at radius 1 is 0.731 bits per heavy atom. The van der Waals surface area contributed by atoms with Gasteiger partial charge < -0.3 is 14.9 Å². The van der Waals surface area contributed by atoms with Crippen molar-refractivity contribution in [2.75, 3.05) is 7.11 Å². The van der Waals surface area contributed by atoms with Crippen LogP contribution in [0.2, 0.25) is 0 Å². The van der Waals surface area contributed by atoms with E-state index in [0.717, 1.165) is 22.4 Å². The highest BCUT2D eigenvalue weighted by atomic mass is 16.5. The number of hydrogen-bond acceptors (Lipinski definition) is 4. The number of methoxy groups -OCH3 is 1. The summed E-state index contributed by atoms with van der Waals surface area (Å²) in [4.78, 5) is 0. The summed E-state index contributed by atoms with van der Waals surface area (Å²) in [6.45, 7) is 0. The van der Waals surface area contributed by atoms with Crippen molar-refractivity contribution < 1.29 is 14.9 Å². The molecule has 0 saturated heterocycles. The second kappa shape index (κ2) is 7.45. The highest BCUT2D eigenvalue weighted by molar-refractivity contribution is 6.03. The molecule has 0 aliphatic rings. The third kappa shape index (κ3) is 3.52. The molecule has 0 bridgehead atoms. The predicted molar refractivity (Wildman–Crippen MR) is 101 cm³/mol. The van der Waals surface area contributed by atoms with Crippen molar-refractivity contribution in [2.45, 2.75) is 0 Å². The van der Waals surface area contributed by atoms with E-state index in [-0.39, 0.29) is 11.5 Å². The van der Waals surface area contributed by atoms with Crippen LogP contribution in [0.5, 0.6) is 17.2 Å². The molecule has 4 heteroatoms. The number of ether oxygens (including phenoxy) is 1. The molecule has 0 radical (unpaired) electrons. The Kier molecular flexibility index (Phi) is 4.91. The lowest BCUT2D eigenvalue weighted by molar-refractivity contribution is 0.415. The van der Waals surface area contributed by atoms with E-state index in [9.17, 15) is 15.5 Å². The van der Waals surface area contributed by atoms with E-state index in [2.05, 4.69) is 6.07 Å². The Bertz CT molecular complexity index is 964. The van der Waals surface area contributed by atoms with Crippen LogP contribution in [0, 0.1) is 11.3 Å². The second-order valence-corrected chi connectivity index (χ2v) is 5.68. The van der Waals surface area contributed by atoms with Gasteiger partial charge in [-0.25, -0.2) is 0 Å². The van der Waals surface area contributed by atoms with Crippen molar-refractivity contribution in [1.82, 2.24) is 0 Å². The zero-order valence-corrected chi connectivity index (χ0v) is 14.2. The molecule has 0 spiro atoms. The van der Waals surface area contributed by atoms with Crippen LogP contribution >= 0.6 is 0 Å². The molecule has 0 saturated carbocycles. The van der Waals surface area contributed by atoms with Crippen molar-refractivity contribution in [3.63, 3.8) is 0 Å². The lowest BCUT2D eigenvalue weighted by Gasteiger charge is -2.13. The maximum atomic E-state index is 9.85. The molecule has 0 aromatic heterocycles. The van der Waals surface area contributed by atoms with Crippen molar-refractivity contribution in [1.29, 1.82) is 5.26 Å². The van der Waals surface area contributed by atoms with E-state index in [4.69, 9.17) is 4.74 Å². The Morgan fingerprint density at radius 2 is 1.15 bits per heavy atom. The highest BCUT2D eigenvalue weighted by Gasteiger charge is 2.14. The first kappa shape index (κ1) is 17.1. The molecule has 0 atom stereocenters. The maximum absolute atomic E-state index is 9.85. The average Bonchev–Trinajstić information content (AvgIpc) is 2.68. The quantitative estimate of drug-likeness (QED) is 0.537. The number of benzene rings is 3. The fourth-order valence-corrected chi connectivity index (χ4v) is 2.73. The summed E-state index contributed by atoms with van der Waals surface area (Å²) < 4.78 is 5.21. The van der Waals surface area contributed by atoms with Gasteiger partial charge in [-0.05, 0) is 65.2 Å². The summed E-state index contributed by atoms with van der Waals surface area (Å²) in [6, 6.07) is 23.0. The summed E-state index contributed by atoms with van der Waals surface area (Å²) in [7, 11) is 1.60. The molecule has 0 unspecified atom stereocenters. The van der Waals surface area contributed by atoms with Gasteiger partial charge in [-0.1, -0.05) is 24.3 Å². The third-order valence-electron chi connectivity index (χ3n) is 4.05. The number of phenols is 2. The van der Waals surface area contributed by atoms with Gasteiger partial charge in [0, 0.05) is 5.57 Å². The predicted octanol–water partition coefficient (Wildman–Crippen LogP) is 4.59. The number of rotatable bonds is 4. The normalized spacial score (nSPS) is 11.4. The first-order valence-electron chi connectivity index (χ1n) is 8.00. The number of hydrogen-bond donors (Lipinski definition) is 2. The van der Waals surface area contributed by atoms with Crippen LogP contribution in [-0.4, -0.2) is 17.3 Å². The standard InChI is InChI=1S/C22H17NO3/c1-26-20-12-6-17(7-13-20)22(16-4-10-19(25)11-5-16)21(14-23)15-2-8-18(24)9-3-15/h2-13,24-25H,1H3/b22-21-. The molecule has 2 N–H and O–H groups in total. The third-order valence-corrected chi connectivity index (χ3v) is 4.05. The largest absolute Gasteiger partial charge is 0.508 e. The summed E-state index contributed by atoms with van der Waals surface area (Å²) in [5.41, 5.74) is 3.56. The Morgan fingerprint density at radius 3 is 1.58 bits per heavy atom. The zero-order valence-electron chi connectivity index (χ0n) is 14.2. The van der Waals surface area contributed by atoms with Crippen LogP contribution in [0.3, 0.4) is 0 Å². The number of nitrogens with zero attached hydrogens (tertiary/aromatic N) is 1. The SMILES string of the molecule is COc1ccc(/C(=C(/C#N)c2ccc(O)cc2)c2ccc(O)cc2)cc1. The van der Waals surface area contributed by atoms with Crippen molar-refractivity contribution in [2.24, 2.45) is 0 Å². The molecular weight excluding hydrogens is 326 g/mol. The van der Waals surface area contributed by atoms with Crippen LogP contribution in [0.4, 0.5) is 0 Å². The van der Waals surface area contributed by atoms with Gasteiger partial charge in [0.05, 0.1) is 12.7 Å². The number of aromatic hydroxyl groups is 2. The topological polar surface area (TPSA) is 73.5 Å². The van der Waals surface area contributed by atoms with Gasteiger partial charge in [0.2, 0.25) is 0 Å². The smallest absolute Gasteiger partial charge is 0.118 e. The molecule has 3 rings (SSSR count).